The fourth-order valence-corrected chi connectivity index (χ4v) is 3.37. The molecule has 0 saturated heterocycles. The first-order chi connectivity index (χ1) is 11.8. The predicted molar refractivity (Wildman–Crippen MR) is 80.5 cm³/mol. The summed E-state index contributed by atoms with van der Waals surface area (Å²) < 4.78 is 25.5. The molecule has 0 bridgehead atoms. The third kappa shape index (κ3) is 2.80. The van der Waals surface area contributed by atoms with E-state index in [1.54, 1.807) is 24.3 Å². The van der Waals surface area contributed by atoms with E-state index >= 15 is 0 Å². The summed E-state index contributed by atoms with van der Waals surface area (Å²) in [7, 11) is -4.33. The molecular formula is C16H6N4O4S. The van der Waals surface area contributed by atoms with Crippen molar-refractivity contribution in [3.05, 3.63) is 46.5 Å². The Bertz CT molecular complexity index is 1020. The second kappa shape index (κ2) is 6.22. The van der Waals surface area contributed by atoms with Crippen LogP contribution in [-0.2, 0) is 9.84 Å². The first-order valence-electron chi connectivity index (χ1n) is 6.39. The molecule has 8 nitrogen and oxygen atoms in total. The van der Waals surface area contributed by atoms with Crippen molar-refractivity contribution in [3.63, 3.8) is 0 Å². The Morgan fingerprint density at radius 2 is 0.880 bits per heavy atom. The fraction of sp³-hybridized carbons (Fsp3) is 0. The zero-order valence-corrected chi connectivity index (χ0v) is 13.0. The molecule has 2 aromatic rings. The van der Waals surface area contributed by atoms with Gasteiger partial charge in [0.2, 0.25) is 9.84 Å². The SMILES string of the molecule is N#Cc1cc(S(=O)(=O)c2cc(C#N)c(O)c(C#N)c2)cc(C#N)c1O. The van der Waals surface area contributed by atoms with Gasteiger partial charge in [-0.2, -0.15) is 21.0 Å². The van der Waals surface area contributed by atoms with Crippen LogP contribution in [0.2, 0.25) is 0 Å². The number of hydrogen-bond donors (Lipinski definition) is 2. The van der Waals surface area contributed by atoms with E-state index in [0.717, 1.165) is 24.3 Å². The van der Waals surface area contributed by atoms with E-state index in [-0.39, 0.29) is 0 Å². The summed E-state index contributed by atoms with van der Waals surface area (Å²) in [5, 5.41) is 55.2. The van der Waals surface area contributed by atoms with E-state index in [9.17, 15) is 18.6 Å². The van der Waals surface area contributed by atoms with Crippen LogP contribution in [0, 0.1) is 45.3 Å². The monoisotopic (exact) mass is 350 g/mol. The largest absolute Gasteiger partial charge is 0.505 e. The molecule has 2 rings (SSSR count). The molecule has 0 aliphatic carbocycles. The average Bonchev–Trinajstić information content (AvgIpc) is 2.61. The summed E-state index contributed by atoms with van der Waals surface area (Å²) >= 11 is 0. The molecule has 2 N–H and O–H groups in total. The number of hydrogen-bond acceptors (Lipinski definition) is 8. The first-order valence-corrected chi connectivity index (χ1v) is 7.88. The van der Waals surface area contributed by atoms with Gasteiger partial charge in [0, 0.05) is 0 Å². The third-order valence-corrected chi connectivity index (χ3v) is 4.98. The van der Waals surface area contributed by atoms with Gasteiger partial charge in [0.1, 0.15) is 24.3 Å². The zero-order chi connectivity index (χ0) is 18.8. The number of phenolic OH excluding ortho intramolecular Hbond substituents is 2. The summed E-state index contributed by atoms with van der Waals surface area (Å²) in [5.74, 6) is -1.30. The lowest BCUT2D eigenvalue weighted by Crippen LogP contribution is -2.05. The lowest BCUT2D eigenvalue weighted by atomic mass is 10.1. The number of benzene rings is 2. The van der Waals surface area contributed by atoms with E-state index in [1.807, 2.05) is 0 Å². The van der Waals surface area contributed by atoms with Crippen LogP contribution in [0.3, 0.4) is 0 Å². The van der Waals surface area contributed by atoms with Crippen LogP contribution < -0.4 is 0 Å². The number of aromatic hydroxyl groups is 2. The number of nitrogens with zero attached hydrogens (tertiary/aromatic N) is 4. The van der Waals surface area contributed by atoms with Crippen molar-refractivity contribution in [2.24, 2.45) is 0 Å². The highest BCUT2D eigenvalue weighted by Crippen LogP contribution is 2.32. The summed E-state index contributed by atoms with van der Waals surface area (Å²) in [5.41, 5.74) is -1.68. The van der Waals surface area contributed by atoms with Crippen LogP contribution in [-0.4, -0.2) is 18.6 Å². The molecule has 25 heavy (non-hydrogen) atoms. The Labute approximate surface area is 142 Å². The Kier molecular flexibility index (Phi) is 4.30. The summed E-state index contributed by atoms with van der Waals surface area (Å²) in [6.07, 6.45) is 0. The summed E-state index contributed by atoms with van der Waals surface area (Å²) in [4.78, 5) is -0.950. The topological polar surface area (TPSA) is 170 Å². The van der Waals surface area contributed by atoms with Crippen molar-refractivity contribution in [1.29, 1.82) is 21.0 Å². The highest BCUT2D eigenvalue weighted by molar-refractivity contribution is 7.91. The van der Waals surface area contributed by atoms with Gasteiger partial charge in [-0.05, 0) is 24.3 Å². The molecule has 0 aliphatic rings. The number of nitriles is 4. The number of sulfone groups is 1. The molecule has 120 valence electrons. The van der Waals surface area contributed by atoms with Crippen LogP contribution in [0.25, 0.3) is 0 Å². The summed E-state index contributed by atoms with van der Waals surface area (Å²) in [6.45, 7) is 0. The van der Waals surface area contributed by atoms with Gasteiger partial charge in [-0.1, -0.05) is 0 Å². The molecule has 0 amide bonds. The van der Waals surface area contributed by atoms with E-state index < -0.39 is 53.4 Å². The normalized spacial score (nSPS) is 10.1. The van der Waals surface area contributed by atoms with Crippen molar-refractivity contribution in [3.8, 4) is 35.8 Å². The van der Waals surface area contributed by atoms with Crippen LogP contribution in [0.1, 0.15) is 22.3 Å². The van der Waals surface area contributed by atoms with Crippen molar-refractivity contribution in [2.45, 2.75) is 9.79 Å². The van der Waals surface area contributed by atoms with Crippen molar-refractivity contribution in [2.75, 3.05) is 0 Å². The third-order valence-electron chi connectivity index (χ3n) is 3.27. The maximum absolute atomic E-state index is 12.7. The molecule has 0 unspecified atom stereocenters. The minimum atomic E-state index is -4.33. The molecule has 0 aromatic heterocycles. The smallest absolute Gasteiger partial charge is 0.206 e. The maximum Gasteiger partial charge on any atom is 0.206 e. The molecule has 0 radical (unpaired) electrons. The Hall–Kier alpha value is -4.05. The lowest BCUT2D eigenvalue weighted by Gasteiger charge is -2.09. The Balaban J connectivity index is 2.83. The van der Waals surface area contributed by atoms with Gasteiger partial charge in [-0.3, -0.25) is 0 Å². The molecule has 0 fully saturated rings. The van der Waals surface area contributed by atoms with Crippen LogP contribution >= 0.6 is 0 Å². The number of phenols is 2. The average molecular weight is 350 g/mol. The van der Waals surface area contributed by atoms with Crippen molar-refractivity contribution in [1.82, 2.24) is 0 Å². The fourth-order valence-electron chi connectivity index (χ4n) is 2.00. The van der Waals surface area contributed by atoms with E-state index in [2.05, 4.69) is 0 Å². The number of rotatable bonds is 2. The maximum atomic E-state index is 12.7. The van der Waals surface area contributed by atoms with Gasteiger partial charge in [-0.15, -0.1) is 0 Å². The predicted octanol–water partition coefficient (Wildman–Crippen LogP) is 1.42. The van der Waals surface area contributed by atoms with Gasteiger partial charge < -0.3 is 10.2 Å². The second-order valence-corrected chi connectivity index (χ2v) is 6.63. The van der Waals surface area contributed by atoms with Gasteiger partial charge in [0.05, 0.1) is 32.0 Å². The van der Waals surface area contributed by atoms with Crippen LogP contribution in [0.15, 0.2) is 34.1 Å². The quantitative estimate of drug-likeness (QED) is 0.818. The molecule has 0 atom stereocenters. The standard InChI is InChI=1S/C16H6N4O4S/c17-5-9-1-13(2-10(6-18)15(9)21)25(23,24)14-3-11(7-19)16(22)12(4-14)8-20/h1-4,21-22H. The van der Waals surface area contributed by atoms with Gasteiger partial charge in [0.15, 0.2) is 11.5 Å². The Morgan fingerprint density at radius 1 is 0.640 bits per heavy atom. The molecule has 0 aliphatic heterocycles. The van der Waals surface area contributed by atoms with Gasteiger partial charge >= 0.3 is 0 Å². The molecule has 0 spiro atoms. The first kappa shape index (κ1) is 17.3. The molecule has 0 saturated carbocycles. The van der Waals surface area contributed by atoms with E-state index in [1.165, 1.54) is 0 Å². The second-order valence-electron chi connectivity index (χ2n) is 4.68. The van der Waals surface area contributed by atoms with Gasteiger partial charge in [-0.25, -0.2) is 8.42 Å². The Morgan fingerprint density at radius 3 is 1.08 bits per heavy atom. The zero-order valence-electron chi connectivity index (χ0n) is 12.2. The van der Waals surface area contributed by atoms with Crippen molar-refractivity contribution < 1.29 is 18.6 Å². The molecule has 9 heteroatoms. The van der Waals surface area contributed by atoms with Crippen LogP contribution in [0.5, 0.6) is 11.5 Å². The molecule has 2 aromatic carbocycles. The van der Waals surface area contributed by atoms with Crippen molar-refractivity contribution >= 4 is 9.84 Å². The van der Waals surface area contributed by atoms with Crippen LogP contribution in [0.4, 0.5) is 0 Å². The van der Waals surface area contributed by atoms with E-state index in [0.29, 0.717) is 0 Å². The summed E-state index contributed by atoms with van der Waals surface area (Å²) in [6, 6.07) is 9.80. The van der Waals surface area contributed by atoms with E-state index in [4.69, 9.17) is 21.0 Å². The minimum Gasteiger partial charge on any atom is -0.505 e. The minimum absolute atomic E-state index is 0.419. The highest BCUT2D eigenvalue weighted by atomic mass is 32.2. The molecule has 0 heterocycles. The molecular weight excluding hydrogens is 344 g/mol. The lowest BCUT2D eigenvalue weighted by molar-refractivity contribution is 0.471. The van der Waals surface area contributed by atoms with Gasteiger partial charge in [0.25, 0.3) is 0 Å². The highest BCUT2D eigenvalue weighted by Gasteiger charge is 2.24.